The second-order valence-corrected chi connectivity index (χ2v) is 8.09. The molecule has 0 spiro atoms. The van der Waals surface area contributed by atoms with Crippen LogP contribution in [0.2, 0.25) is 0 Å². The molecule has 1 amide bonds. The standard InChI is InChI=1S/C21H17N3O4S/c25-21(16-6-11-20-19(12-16)22-14-28-20)24-17-7-9-18(10-8-17)29(26,27)23-13-15-4-2-1-3-5-15/h1-12,14,23H,13H2,(H,24,25). The molecule has 0 atom stereocenters. The maximum absolute atomic E-state index is 12.4. The molecule has 0 saturated carbocycles. The Bertz CT molecular complexity index is 1250. The zero-order valence-electron chi connectivity index (χ0n) is 15.2. The number of carbonyl (C=O) groups is 1. The van der Waals surface area contributed by atoms with Crippen LogP contribution in [0, 0.1) is 0 Å². The van der Waals surface area contributed by atoms with E-state index in [1.807, 2.05) is 30.3 Å². The van der Waals surface area contributed by atoms with Gasteiger partial charge >= 0.3 is 0 Å². The Kier molecular flexibility index (Phi) is 5.11. The molecule has 8 heteroatoms. The van der Waals surface area contributed by atoms with Crippen molar-refractivity contribution in [1.82, 2.24) is 9.71 Å². The van der Waals surface area contributed by atoms with Gasteiger partial charge in [0.15, 0.2) is 12.0 Å². The average molecular weight is 407 g/mol. The van der Waals surface area contributed by atoms with Gasteiger partial charge in [0.2, 0.25) is 10.0 Å². The van der Waals surface area contributed by atoms with Gasteiger partial charge in [0.05, 0.1) is 4.90 Å². The van der Waals surface area contributed by atoms with Gasteiger partial charge in [-0.3, -0.25) is 4.79 Å². The average Bonchev–Trinajstić information content (AvgIpc) is 3.21. The first kappa shape index (κ1) is 18.9. The molecular formula is C21H17N3O4S. The quantitative estimate of drug-likeness (QED) is 0.509. The van der Waals surface area contributed by atoms with Crippen molar-refractivity contribution in [2.45, 2.75) is 11.4 Å². The molecule has 0 aliphatic heterocycles. The van der Waals surface area contributed by atoms with E-state index in [-0.39, 0.29) is 17.3 Å². The number of fused-ring (bicyclic) bond motifs is 1. The molecule has 0 saturated heterocycles. The summed E-state index contributed by atoms with van der Waals surface area (Å²) >= 11 is 0. The fourth-order valence-corrected chi connectivity index (χ4v) is 3.80. The second-order valence-electron chi connectivity index (χ2n) is 6.32. The second kappa shape index (κ2) is 7.86. The number of benzene rings is 3. The normalized spacial score (nSPS) is 11.4. The summed E-state index contributed by atoms with van der Waals surface area (Å²) in [6, 6.07) is 20.2. The van der Waals surface area contributed by atoms with E-state index in [4.69, 9.17) is 4.42 Å². The summed E-state index contributed by atoms with van der Waals surface area (Å²) in [5, 5.41) is 2.74. The molecule has 0 unspecified atom stereocenters. The van der Waals surface area contributed by atoms with Crippen LogP contribution in [0.25, 0.3) is 11.1 Å². The van der Waals surface area contributed by atoms with Gasteiger partial charge in [0.1, 0.15) is 5.52 Å². The third-order valence-electron chi connectivity index (χ3n) is 4.32. The fourth-order valence-electron chi connectivity index (χ4n) is 2.78. The Labute approximate surface area is 167 Å². The molecule has 0 fully saturated rings. The van der Waals surface area contributed by atoms with Crippen molar-refractivity contribution in [3.8, 4) is 0 Å². The fraction of sp³-hybridized carbons (Fsp3) is 0.0476. The molecule has 29 heavy (non-hydrogen) atoms. The lowest BCUT2D eigenvalue weighted by atomic mass is 10.2. The summed E-state index contributed by atoms with van der Waals surface area (Å²) < 4.78 is 32.6. The first-order chi connectivity index (χ1) is 14.0. The monoisotopic (exact) mass is 407 g/mol. The summed E-state index contributed by atoms with van der Waals surface area (Å²) in [7, 11) is -3.66. The topological polar surface area (TPSA) is 101 Å². The molecule has 4 aromatic rings. The Morgan fingerprint density at radius 2 is 1.72 bits per heavy atom. The molecule has 0 radical (unpaired) electrons. The SMILES string of the molecule is O=C(Nc1ccc(S(=O)(=O)NCc2ccccc2)cc1)c1ccc2ocnc2c1. The van der Waals surface area contributed by atoms with Crippen LogP contribution in [0.5, 0.6) is 0 Å². The maximum Gasteiger partial charge on any atom is 0.255 e. The van der Waals surface area contributed by atoms with Gasteiger partial charge in [-0.05, 0) is 48.0 Å². The van der Waals surface area contributed by atoms with E-state index in [1.54, 1.807) is 30.3 Å². The highest BCUT2D eigenvalue weighted by atomic mass is 32.2. The van der Waals surface area contributed by atoms with Crippen LogP contribution in [0.15, 0.2) is 88.5 Å². The van der Waals surface area contributed by atoms with Crippen LogP contribution < -0.4 is 10.0 Å². The third kappa shape index (κ3) is 4.34. The van der Waals surface area contributed by atoms with Crippen molar-refractivity contribution in [3.05, 3.63) is 90.3 Å². The molecule has 4 rings (SSSR count). The van der Waals surface area contributed by atoms with E-state index in [2.05, 4.69) is 15.0 Å². The number of rotatable bonds is 6. The molecule has 0 aliphatic rings. The lowest BCUT2D eigenvalue weighted by Crippen LogP contribution is -2.23. The minimum absolute atomic E-state index is 0.121. The Morgan fingerprint density at radius 3 is 2.48 bits per heavy atom. The van der Waals surface area contributed by atoms with Crippen LogP contribution in [-0.4, -0.2) is 19.3 Å². The number of oxazole rings is 1. The predicted octanol–water partition coefficient (Wildman–Crippen LogP) is 3.56. The number of aromatic nitrogens is 1. The van der Waals surface area contributed by atoms with Crippen LogP contribution in [0.4, 0.5) is 5.69 Å². The lowest BCUT2D eigenvalue weighted by molar-refractivity contribution is 0.102. The molecular weight excluding hydrogens is 390 g/mol. The van der Waals surface area contributed by atoms with Crippen molar-refractivity contribution >= 4 is 32.7 Å². The number of carbonyl (C=O) groups excluding carboxylic acids is 1. The molecule has 0 aliphatic carbocycles. The van der Waals surface area contributed by atoms with Crippen molar-refractivity contribution in [1.29, 1.82) is 0 Å². The molecule has 0 bridgehead atoms. The van der Waals surface area contributed by atoms with Gasteiger partial charge in [0, 0.05) is 17.8 Å². The smallest absolute Gasteiger partial charge is 0.255 e. The maximum atomic E-state index is 12.4. The zero-order chi connectivity index (χ0) is 20.3. The number of sulfonamides is 1. The Balaban J connectivity index is 1.43. The highest BCUT2D eigenvalue weighted by Crippen LogP contribution is 2.18. The number of hydrogen-bond donors (Lipinski definition) is 2. The zero-order valence-corrected chi connectivity index (χ0v) is 16.0. The van der Waals surface area contributed by atoms with Crippen molar-refractivity contribution < 1.29 is 17.6 Å². The molecule has 3 aromatic carbocycles. The predicted molar refractivity (Wildman–Crippen MR) is 109 cm³/mol. The Morgan fingerprint density at radius 1 is 0.966 bits per heavy atom. The van der Waals surface area contributed by atoms with Gasteiger partial charge < -0.3 is 9.73 Å². The van der Waals surface area contributed by atoms with Gasteiger partial charge in [-0.2, -0.15) is 0 Å². The highest BCUT2D eigenvalue weighted by molar-refractivity contribution is 7.89. The van der Waals surface area contributed by atoms with E-state index in [1.165, 1.54) is 18.5 Å². The van der Waals surface area contributed by atoms with Gasteiger partial charge in [-0.25, -0.2) is 18.1 Å². The Hall–Kier alpha value is -3.49. The number of hydrogen-bond acceptors (Lipinski definition) is 5. The lowest BCUT2D eigenvalue weighted by Gasteiger charge is -2.09. The van der Waals surface area contributed by atoms with E-state index >= 15 is 0 Å². The summed E-state index contributed by atoms with van der Waals surface area (Å²) in [4.78, 5) is 16.6. The summed E-state index contributed by atoms with van der Waals surface area (Å²) in [5.41, 5.74) is 2.96. The summed E-state index contributed by atoms with van der Waals surface area (Å²) in [5.74, 6) is -0.326. The van der Waals surface area contributed by atoms with Gasteiger partial charge in [0.25, 0.3) is 5.91 Å². The van der Waals surface area contributed by atoms with Crippen LogP contribution in [-0.2, 0) is 16.6 Å². The first-order valence-electron chi connectivity index (χ1n) is 8.79. The highest BCUT2D eigenvalue weighted by Gasteiger charge is 2.14. The van der Waals surface area contributed by atoms with Crippen molar-refractivity contribution in [3.63, 3.8) is 0 Å². The van der Waals surface area contributed by atoms with E-state index in [9.17, 15) is 13.2 Å². The van der Waals surface area contributed by atoms with Crippen molar-refractivity contribution in [2.24, 2.45) is 0 Å². The van der Waals surface area contributed by atoms with Crippen LogP contribution in [0.3, 0.4) is 0 Å². The van der Waals surface area contributed by atoms with Crippen molar-refractivity contribution in [2.75, 3.05) is 5.32 Å². The number of amides is 1. The molecule has 1 heterocycles. The van der Waals surface area contributed by atoms with E-state index < -0.39 is 10.0 Å². The third-order valence-corrected chi connectivity index (χ3v) is 5.74. The summed E-state index contributed by atoms with van der Waals surface area (Å²) in [6.45, 7) is 0.201. The molecule has 1 aromatic heterocycles. The van der Waals surface area contributed by atoms with E-state index in [0.717, 1.165) is 5.56 Å². The number of nitrogens with one attached hydrogen (secondary N) is 2. The van der Waals surface area contributed by atoms with Gasteiger partial charge in [-0.15, -0.1) is 0 Å². The van der Waals surface area contributed by atoms with Crippen LogP contribution >= 0.6 is 0 Å². The van der Waals surface area contributed by atoms with Gasteiger partial charge in [-0.1, -0.05) is 30.3 Å². The largest absolute Gasteiger partial charge is 0.443 e. The van der Waals surface area contributed by atoms with E-state index in [0.29, 0.717) is 22.4 Å². The number of nitrogens with zero attached hydrogens (tertiary/aromatic N) is 1. The first-order valence-corrected chi connectivity index (χ1v) is 10.3. The minimum Gasteiger partial charge on any atom is -0.443 e. The summed E-state index contributed by atoms with van der Waals surface area (Å²) in [6.07, 6.45) is 1.32. The minimum atomic E-state index is -3.66. The van der Waals surface area contributed by atoms with Crippen LogP contribution in [0.1, 0.15) is 15.9 Å². The molecule has 2 N–H and O–H groups in total. The number of anilines is 1. The molecule has 146 valence electrons. The molecule has 7 nitrogen and oxygen atoms in total.